The maximum atomic E-state index is 11.9. The Balaban J connectivity index is 2.17. The molecular weight excluding hydrogens is 282 g/mol. The average molecular weight is 299 g/mol. The SMILES string of the molecule is COc1ccc(/C(C)=N/NC(=O)c2ccccn2)c(OC)c1. The number of ether oxygens (including phenoxy) is 2. The monoisotopic (exact) mass is 299 g/mol. The zero-order valence-electron chi connectivity index (χ0n) is 12.7. The van der Waals surface area contributed by atoms with E-state index in [4.69, 9.17) is 9.47 Å². The summed E-state index contributed by atoms with van der Waals surface area (Å²) in [5.74, 6) is 0.936. The zero-order valence-corrected chi connectivity index (χ0v) is 12.7. The Morgan fingerprint density at radius 3 is 2.64 bits per heavy atom. The van der Waals surface area contributed by atoms with Crippen LogP contribution in [0.2, 0.25) is 0 Å². The maximum Gasteiger partial charge on any atom is 0.289 e. The van der Waals surface area contributed by atoms with Gasteiger partial charge in [-0.2, -0.15) is 5.10 Å². The lowest BCUT2D eigenvalue weighted by Gasteiger charge is -2.10. The summed E-state index contributed by atoms with van der Waals surface area (Å²) in [6.07, 6.45) is 1.55. The first-order valence-corrected chi connectivity index (χ1v) is 6.63. The molecule has 0 bridgehead atoms. The van der Waals surface area contributed by atoms with Gasteiger partial charge in [-0.1, -0.05) is 6.07 Å². The van der Waals surface area contributed by atoms with Crippen LogP contribution in [-0.2, 0) is 0 Å². The molecule has 0 radical (unpaired) electrons. The Kier molecular flexibility index (Phi) is 5.08. The third-order valence-corrected chi connectivity index (χ3v) is 3.02. The van der Waals surface area contributed by atoms with Crippen LogP contribution in [0.5, 0.6) is 11.5 Å². The molecule has 0 fully saturated rings. The summed E-state index contributed by atoms with van der Waals surface area (Å²) in [6.45, 7) is 1.78. The summed E-state index contributed by atoms with van der Waals surface area (Å²) in [4.78, 5) is 15.9. The lowest BCUT2D eigenvalue weighted by Crippen LogP contribution is -2.20. The van der Waals surface area contributed by atoms with Crippen molar-refractivity contribution in [1.29, 1.82) is 0 Å². The second-order valence-electron chi connectivity index (χ2n) is 4.42. The fourth-order valence-electron chi connectivity index (χ4n) is 1.85. The largest absolute Gasteiger partial charge is 0.497 e. The van der Waals surface area contributed by atoms with Crippen molar-refractivity contribution < 1.29 is 14.3 Å². The number of pyridine rings is 1. The molecule has 1 N–H and O–H groups in total. The molecular formula is C16H17N3O3. The predicted molar refractivity (Wildman–Crippen MR) is 83.5 cm³/mol. The Labute approximate surface area is 128 Å². The predicted octanol–water partition coefficient (Wildman–Crippen LogP) is 2.25. The van der Waals surface area contributed by atoms with Crippen LogP contribution in [0.15, 0.2) is 47.7 Å². The molecule has 6 nitrogen and oxygen atoms in total. The molecule has 2 aromatic rings. The topological polar surface area (TPSA) is 72.8 Å². The van der Waals surface area contributed by atoms with Gasteiger partial charge < -0.3 is 9.47 Å². The van der Waals surface area contributed by atoms with Gasteiger partial charge in [0.25, 0.3) is 5.91 Å². The first kappa shape index (κ1) is 15.5. The molecule has 22 heavy (non-hydrogen) atoms. The number of benzene rings is 1. The molecule has 0 aliphatic rings. The number of hydrazone groups is 1. The second-order valence-corrected chi connectivity index (χ2v) is 4.42. The molecule has 0 aliphatic carbocycles. The van der Waals surface area contributed by atoms with Crippen LogP contribution in [0.4, 0.5) is 0 Å². The standard InChI is InChI=1S/C16H17N3O3/c1-11(13-8-7-12(21-2)10-15(13)22-3)18-19-16(20)14-6-4-5-9-17-14/h4-10H,1-3H3,(H,19,20)/b18-11+. The Morgan fingerprint density at radius 2 is 2.00 bits per heavy atom. The van der Waals surface area contributed by atoms with Crippen LogP contribution >= 0.6 is 0 Å². The van der Waals surface area contributed by atoms with Gasteiger partial charge in [0.15, 0.2) is 0 Å². The van der Waals surface area contributed by atoms with E-state index in [9.17, 15) is 4.79 Å². The minimum absolute atomic E-state index is 0.306. The number of amides is 1. The van der Waals surface area contributed by atoms with E-state index in [0.717, 1.165) is 5.56 Å². The zero-order chi connectivity index (χ0) is 15.9. The number of nitrogens with zero attached hydrogens (tertiary/aromatic N) is 2. The molecule has 0 saturated carbocycles. The van der Waals surface area contributed by atoms with Crippen molar-refractivity contribution in [3.05, 3.63) is 53.9 Å². The summed E-state index contributed by atoms with van der Waals surface area (Å²) in [5, 5.41) is 4.09. The Morgan fingerprint density at radius 1 is 1.18 bits per heavy atom. The first-order chi connectivity index (χ1) is 10.7. The van der Waals surface area contributed by atoms with E-state index in [2.05, 4.69) is 15.5 Å². The quantitative estimate of drug-likeness (QED) is 0.679. The van der Waals surface area contributed by atoms with Crippen molar-refractivity contribution in [3.8, 4) is 11.5 Å². The highest BCUT2D eigenvalue weighted by atomic mass is 16.5. The number of aromatic nitrogens is 1. The van der Waals surface area contributed by atoms with Crippen LogP contribution in [0.1, 0.15) is 23.0 Å². The van der Waals surface area contributed by atoms with Gasteiger partial charge >= 0.3 is 0 Å². The van der Waals surface area contributed by atoms with Gasteiger partial charge in [0.05, 0.1) is 19.9 Å². The number of nitrogens with one attached hydrogen (secondary N) is 1. The van der Waals surface area contributed by atoms with Gasteiger partial charge in [0.1, 0.15) is 17.2 Å². The second kappa shape index (κ2) is 7.21. The molecule has 6 heteroatoms. The lowest BCUT2D eigenvalue weighted by molar-refractivity contribution is 0.0950. The Hall–Kier alpha value is -2.89. The van der Waals surface area contributed by atoms with Crippen LogP contribution in [0.3, 0.4) is 0 Å². The normalized spacial score (nSPS) is 11.0. The summed E-state index contributed by atoms with van der Waals surface area (Å²) >= 11 is 0. The van der Waals surface area contributed by atoms with Crippen molar-refractivity contribution in [1.82, 2.24) is 10.4 Å². The number of hydrogen-bond acceptors (Lipinski definition) is 5. The van der Waals surface area contributed by atoms with Crippen molar-refractivity contribution in [2.45, 2.75) is 6.92 Å². The summed E-state index contributed by atoms with van der Waals surface area (Å²) in [6, 6.07) is 10.5. The van der Waals surface area contributed by atoms with Crippen molar-refractivity contribution in [2.75, 3.05) is 14.2 Å². The number of methoxy groups -OCH3 is 2. The third kappa shape index (κ3) is 3.60. The Bertz CT molecular complexity index is 684. The summed E-state index contributed by atoms with van der Waals surface area (Å²) in [5.41, 5.74) is 4.17. The number of hydrogen-bond donors (Lipinski definition) is 1. The molecule has 1 amide bonds. The molecule has 2 rings (SSSR count). The highest BCUT2D eigenvalue weighted by Gasteiger charge is 2.09. The summed E-state index contributed by atoms with van der Waals surface area (Å²) < 4.78 is 10.5. The van der Waals surface area contributed by atoms with E-state index in [0.29, 0.717) is 22.9 Å². The fraction of sp³-hybridized carbons (Fsp3) is 0.188. The van der Waals surface area contributed by atoms with Gasteiger partial charge in [-0.05, 0) is 31.2 Å². The van der Waals surface area contributed by atoms with Crippen LogP contribution in [0, 0.1) is 0 Å². The number of carbonyl (C=O) groups excluding carboxylic acids is 1. The molecule has 1 aromatic heterocycles. The van der Waals surface area contributed by atoms with Gasteiger partial charge in [0, 0.05) is 17.8 Å². The molecule has 0 spiro atoms. The van der Waals surface area contributed by atoms with Crippen LogP contribution in [0.25, 0.3) is 0 Å². The first-order valence-electron chi connectivity index (χ1n) is 6.63. The number of rotatable bonds is 5. The molecule has 0 unspecified atom stereocenters. The maximum absolute atomic E-state index is 11.9. The van der Waals surface area contributed by atoms with E-state index in [1.807, 2.05) is 6.07 Å². The number of carbonyl (C=O) groups is 1. The lowest BCUT2D eigenvalue weighted by atomic mass is 10.1. The molecule has 0 saturated heterocycles. The third-order valence-electron chi connectivity index (χ3n) is 3.02. The van der Waals surface area contributed by atoms with Crippen molar-refractivity contribution in [3.63, 3.8) is 0 Å². The average Bonchev–Trinajstić information content (AvgIpc) is 2.59. The van der Waals surface area contributed by atoms with Crippen molar-refractivity contribution >= 4 is 11.6 Å². The van der Waals surface area contributed by atoms with E-state index < -0.39 is 0 Å². The molecule has 0 atom stereocenters. The molecule has 1 aromatic carbocycles. The summed E-state index contributed by atoms with van der Waals surface area (Å²) in [7, 11) is 3.15. The molecule has 114 valence electrons. The fourth-order valence-corrected chi connectivity index (χ4v) is 1.85. The van der Waals surface area contributed by atoms with Gasteiger partial charge in [-0.3, -0.25) is 9.78 Å². The smallest absolute Gasteiger partial charge is 0.289 e. The minimum Gasteiger partial charge on any atom is -0.497 e. The van der Waals surface area contributed by atoms with E-state index >= 15 is 0 Å². The minimum atomic E-state index is -0.368. The highest BCUT2D eigenvalue weighted by molar-refractivity contribution is 6.02. The van der Waals surface area contributed by atoms with Gasteiger partial charge in [-0.25, -0.2) is 5.43 Å². The van der Waals surface area contributed by atoms with E-state index in [-0.39, 0.29) is 5.91 Å². The van der Waals surface area contributed by atoms with Crippen molar-refractivity contribution in [2.24, 2.45) is 5.10 Å². The van der Waals surface area contributed by atoms with E-state index in [1.165, 1.54) is 0 Å². The molecule has 1 heterocycles. The van der Waals surface area contributed by atoms with Crippen LogP contribution < -0.4 is 14.9 Å². The van der Waals surface area contributed by atoms with Gasteiger partial charge in [-0.15, -0.1) is 0 Å². The van der Waals surface area contributed by atoms with Gasteiger partial charge in [0.2, 0.25) is 0 Å². The highest BCUT2D eigenvalue weighted by Crippen LogP contribution is 2.25. The molecule has 0 aliphatic heterocycles. The van der Waals surface area contributed by atoms with Crippen LogP contribution in [-0.4, -0.2) is 30.8 Å². The van der Waals surface area contributed by atoms with E-state index in [1.54, 1.807) is 57.7 Å².